The summed E-state index contributed by atoms with van der Waals surface area (Å²) in [5.74, 6) is 0.0343. The lowest BCUT2D eigenvalue weighted by molar-refractivity contribution is -0.150. The van der Waals surface area contributed by atoms with Gasteiger partial charge in [0.05, 0.1) is 11.1 Å². The van der Waals surface area contributed by atoms with Gasteiger partial charge in [0.2, 0.25) is 0 Å². The highest BCUT2D eigenvalue weighted by Crippen LogP contribution is 2.41. The maximum Gasteiger partial charge on any atom is 0.312 e. The van der Waals surface area contributed by atoms with Crippen molar-refractivity contribution in [3.8, 4) is 0 Å². The SMILES string of the molecule is Cc1n[nH]c(C)c1CCCN(C)CC1CC2(CCNCC2)C(=O)O1.Cl.Cl. The normalized spacial score (nSPS) is 21.4. The molecule has 3 rings (SSSR count). The van der Waals surface area contributed by atoms with Gasteiger partial charge in [-0.3, -0.25) is 9.89 Å². The third kappa shape index (κ3) is 5.12. The monoisotopic (exact) mass is 406 g/mol. The summed E-state index contributed by atoms with van der Waals surface area (Å²) in [6, 6.07) is 0. The Morgan fingerprint density at radius 3 is 2.58 bits per heavy atom. The van der Waals surface area contributed by atoms with Crippen LogP contribution in [0.5, 0.6) is 0 Å². The van der Waals surface area contributed by atoms with Crippen molar-refractivity contribution in [1.29, 1.82) is 0 Å². The molecule has 2 aliphatic rings. The quantitative estimate of drug-likeness (QED) is 0.709. The lowest BCUT2D eigenvalue weighted by Gasteiger charge is -2.29. The Morgan fingerprint density at radius 2 is 1.96 bits per heavy atom. The number of rotatable bonds is 6. The molecule has 26 heavy (non-hydrogen) atoms. The van der Waals surface area contributed by atoms with Crippen molar-refractivity contribution in [2.75, 3.05) is 33.2 Å². The van der Waals surface area contributed by atoms with E-state index in [0.29, 0.717) is 0 Å². The molecule has 3 heterocycles. The Balaban J connectivity index is 0.00000169. The highest BCUT2D eigenvalue weighted by atomic mass is 35.5. The topological polar surface area (TPSA) is 70.2 Å². The fourth-order valence-corrected chi connectivity index (χ4v) is 4.16. The van der Waals surface area contributed by atoms with Gasteiger partial charge in [-0.05, 0) is 71.8 Å². The van der Waals surface area contributed by atoms with Gasteiger partial charge >= 0.3 is 5.97 Å². The molecule has 1 aromatic heterocycles. The van der Waals surface area contributed by atoms with Crippen LogP contribution in [0.4, 0.5) is 0 Å². The molecule has 1 aromatic rings. The molecule has 1 unspecified atom stereocenters. The van der Waals surface area contributed by atoms with E-state index in [1.807, 2.05) is 0 Å². The summed E-state index contributed by atoms with van der Waals surface area (Å²) in [6.07, 6.45) is 4.91. The minimum Gasteiger partial charge on any atom is -0.461 e. The van der Waals surface area contributed by atoms with Crippen molar-refractivity contribution >= 4 is 30.8 Å². The molecule has 8 heteroatoms. The molecule has 0 aliphatic carbocycles. The average Bonchev–Trinajstić information content (AvgIpc) is 3.01. The number of halogens is 2. The molecule has 2 fully saturated rings. The summed E-state index contributed by atoms with van der Waals surface area (Å²) in [5, 5.41) is 10.6. The number of carbonyl (C=O) groups is 1. The predicted molar refractivity (Wildman–Crippen MR) is 107 cm³/mol. The van der Waals surface area contributed by atoms with Gasteiger partial charge in [-0.25, -0.2) is 0 Å². The van der Waals surface area contributed by atoms with Gasteiger partial charge in [-0.2, -0.15) is 5.10 Å². The molecule has 1 spiro atoms. The van der Waals surface area contributed by atoms with Gasteiger partial charge in [0, 0.05) is 18.7 Å². The third-order valence-electron chi connectivity index (χ3n) is 5.65. The van der Waals surface area contributed by atoms with Crippen LogP contribution in [0.25, 0.3) is 0 Å². The molecule has 2 N–H and O–H groups in total. The molecule has 0 radical (unpaired) electrons. The number of likely N-dealkylation sites (N-methyl/N-ethyl adjacent to an activating group) is 1. The van der Waals surface area contributed by atoms with Crippen LogP contribution in [0.2, 0.25) is 0 Å². The van der Waals surface area contributed by atoms with Gasteiger partial charge < -0.3 is 15.0 Å². The molecule has 1 atom stereocenters. The molecule has 2 aliphatic heterocycles. The van der Waals surface area contributed by atoms with Crippen LogP contribution < -0.4 is 5.32 Å². The second-order valence-corrected chi connectivity index (χ2v) is 7.54. The second kappa shape index (κ2) is 9.93. The van der Waals surface area contributed by atoms with Crippen molar-refractivity contribution in [3.63, 3.8) is 0 Å². The van der Waals surface area contributed by atoms with Crippen molar-refractivity contribution in [2.45, 2.75) is 52.1 Å². The zero-order valence-corrected chi connectivity index (χ0v) is 17.6. The number of hydrogen-bond donors (Lipinski definition) is 2. The minimum atomic E-state index is -0.207. The molecular weight excluding hydrogens is 375 g/mol. The van der Waals surface area contributed by atoms with Crippen LogP contribution in [-0.2, 0) is 16.0 Å². The number of cyclic esters (lactones) is 1. The van der Waals surface area contributed by atoms with E-state index in [9.17, 15) is 4.79 Å². The van der Waals surface area contributed by atoms with E-state index in [0.717, 1.165) is 64.0 Å². The lowest BCUT2D eigenvalue weighted by Crippen LogP contribution is -2.39. The van der Waals surface area contributed by atoms with E-state index < -0.39 is 0 Å². The number of ether oxygens (including phenoxy) is 1. The van der Waals surface area contributed by atoms with E-state index in [1.165, 1.54) is 11.3 Å². The Labute approximate surface area is 168 Å². The Kier molecular flexibility index (Phi) is 8.86. The molecule has 6 nitrogen and oxygen atoms in total. The first-order valence-electron chi connectivity index (χ1n) is 9.11. The molecule has 2 saturated heterocycles. The van der Waals surface area contributed by atoms with Crippen LogP contribution in [0.1, 0.15) is 42.6 Å². The maximum absolute atomic E-state index is 12.3. The molecule has 0 saturated carbocycles. The number of nitrogens with zero attached hydrogens (tertiary/aromatic N) is 2. The van der Waals surface area contributed by atoms with Crippen molar-refractivity contribution in [3.05, 3.63) is 17.0 Å². The molecule has 0 amide bonds. The van der Waals surface area contributed by atoms with Gasteiger partial charge in [0.1, 0.15) is 6.10 Å². The smallest absolute Gasteiger partial charge is 0.312 e. The number of H-pyrrole nitrogens is 1. The number of esters is 1. The Morgan fingerprint density at radius 1 is 1.27 bits per heavy atom. The summed E-state index contributed by atoms with van der Waals surface area (Å²) in [6.45, 7) is 7.84. The molecular formula is C18H32Cl2N4O2. The van der Waals surface area contributed by atoms with Crippen LogP contribution in [0.15, 0.2) is 0 Å². The largest absolute Gasteiger partial charge is 0.461 e. The zero-order chi connectivity index (χ0) is 17.2. The van der Waals surface area contributed by atoms with Crippen LogP contribution in [-0.4, -0.2) is 60.4 Å². The summed E-state index contributed by atoms with van der Waals surface area (Å²) in [5.41, 5.74) is 3.41. The van der Waals surface area contributed by atoms with Crippen molar-refractivity contribution in [2.24, 2.45) is 5.41 Å². The lowest BCUT2D eigenvalue weighted by atomic mass is 9.76. The maximum atomic E-state index is 12.3. The standard InChI is InChI=1S/C18H30N4O2.2ClH/c1-13-16(14(2)21-20-13)5-4-10-22(3)12-15-11-18(17(23)24-15)6-8-19-9-7-18;;/h15,19H,4-12H2,1-3H3,(H,20,21);2*1H. The second-order valence-electron chi connectivity index (χ2n) is 7.54. The highest BCUT2D eigenvalue weighted by Gasteiger charge is 2.49. The first kappa shape index (κ1) is 23.2. The number of nitrogens with one attached hydrogen (secondary N) is 2. The van der Waals surface area contributed by atoms with Crippen molar-refractivity contribution in [1.82, 2.24) is 20.4 Å². The number of aromatic amines is 1. The van der Waals surface area contributed by atoms with E-state index in [4.69, 9.17) is 4.74 Å². The molecule has 0 bridgehead atoms. The summed E-state index contributed by atoms with van der Waals surface area (Å²) >= 11 is 0. The fraction of sp³-hybridized carbons (Fsp3) is 0.778. The van der Waals surface area contributed by atoms with E-state index >= 15 is 0 Å². The van der Waals surface area contributed by atoms with Crippen LogP contribution >= 0.6 is 24.8 Å². The van der Waals surface area contributed by atoms with E-state index in [1.54, 1.807) is 0 Å². The first-order chi connectivity index (χ1) is 11.5. The molecule has 150 valence electrons. The number of aryl methyl sites for hydroxylation is 2. The number of aromatic nitrogens is 2. The highest BCUT2D eigenvalue weighted by molar-refractivity contribution is 5.85. The number of piperidine rings is 1. The fourth-order valence-electron chi connectivity index (χ4n) is 4.16. The predicted octanol–water partition coefficient (Wildman–Crippen LogP) is 2.42. The zero-order valence-electron chi connectivity index (χ0n) is 16.0. The minimum absolute atomic E-state index is 0. The van der Waals surface area contributed by atoms with Crippen molar-refractivity contribution < 1.29 is 9.53 Å². The summed E-state index contributed by atoms with van der Waals surface area (Å²) < 4.78 is 5.69. The summed E-state index contributed by atoms with van der Waals surface area (Å²) in [4.78, 5) is 14.6. The average molecular weight is 407 g/mol. The van der Waals surface area contributed by atoms with Gasteiger partial charge in [-0.1, -0.05) is 0 Å². The Bertz CT molecular complexity index is 568. The van der Waals surface area contributed by atoms with Crippen LogP contribution in [0, 0.1) is 19.3 Å². The Hall–Kier alpha value is -0.820. The van der Waals surface area contributed by atoms with Gasteiger partial charge in [0.25, 0.3) is 0 Å². The van der Waals surface area contributed by atoms with E-state index in [-0.39, 0.29) is 42.3 Å². The van der Waals surface area contributed by atoms with Gasteiger partial charge in [-0.15, -0.1) is 24.8 Å². The molecule has 0 aromatic carbocycles. The summed E-state index contributed by atoms with van der Waals surface area (Å²) in [7, 11) is 2.12. The number of hydrogen-bond acceptors (Lipinski definition) is 5. The van der Waals surface area contributed by atoms with Crippen LogP contribution in [0.3, 0.4) is 0 Å². The third-order valence-corrected chi connectivity index (χ3v) is 5.65. The van der Waals surface area contributed by atoms with Gasteiger partial charge in [0.15, 0.2) is 0 Å². The first-order valence-corrected chi connectivity index (χ1v) is 9.11. The number of carbonyl (C=O) groups excluding carboxylic acids is 1. The van der Waals surface area contributed by atoms with E-state index in [2.05, 4.69) is 41.3 Å².